The van der Waals surface area contributed by atoms with Gasteiger partial charge in [0.2, 0.25) is 0 Å². The third-order valence-electron chi connectivity index (χ3n) is 3.48. The highest BCUT2D eigenvalue weighted by Crippen LogP contribution is 2.44. The number of likely N-dealkylation sites (N-methyl/N-ethyl adjacent to an activating group) is 1. The van der Waals surface area contributed by atoms with Gasteiger partial charge in [0.25, 0.3) is 0 Å². The first-order valence-electron chi connectivity index (χ1n) is 5.67. The van der Waals surface area contributed by atoms with Crippen molar-refractivity contribution in [1.82, 2.24) is 4.90 Å². The van der Waals surface area contributed by atoms with E-state index in [9.17, 15) is 0 Å². The van der Waals surface area contributed by atoms with Crippen LogP contribution < -0.4 is 5.73 Å². The maximum atomic E-state index is 6.12. The van der Waals surface area contributed by atoms with Crippen LogP contribution in [0.3, 0.4) is 0 Å². The quantitative estimate of drug-likeness (QED) is 0.622. The molecule has 78 valence electrons. The largest absolute Gasteiger partial charge is 0.326 e. The van der Waals surface area contributed by atoms with Crippen molar-refractivity contribution in [3.8, 4) is 0 Å². The predicted molar refractivity (Wildman–Crippen MR) is 57.7 cm³/mol. The van der Waals surface area contributed by atoms with Gasteiger partial charge in [-0.2, -0.15) is 0 Å². The molecule has 2 aliphatic rings. The van der Waals surface area contributed by atoms with Crippen molar-refractivity contribution in [3.05, 3.63) is 0 Å². The third kappa shape index (κ3) is 2.05. The lowest BCUT2D eigenvalue weighted by molar-refractivity contribution is 0.270. The lowest BCUT2D eigenvalue weighted by atomic mass is 9.82. The summed E-state index contributed by atoms with van der Waals surface area (Å²) in [5.74, 6) is 0. The average molecular weight is 184 g/mol. The third-order valence-corrected chi connectivity index (χ3v) is 3.48. The Kier molecular flexibility index (Phi) is 3.74. The minimum absolute atomic E-state index is 0.454. The summed E-state index contributed by atoms with van der Waals surface area (Å²) in [6.07, 6.45) is 5.56. The molecule has 1 saturated heterocycles. The molecule has 0 aromatic carbocycles. The van der Waals surface area contributed by atoms with E-state index >= 15 is 0 Å². The van der Waals surface area contributed by atoms with E-state index in [4.69, 9.17) is 5.73 Å². The minimum Gasteiger partial charge on any atom is -0.326 e. The van der Waals surface area contributed by atoms with Gasteiger partial charge in [-0.3, -0.25) is 0 Å². The van der Waals surface area contributed by atoms with E-state index in [-0.39, 0.29) is 0 Å². The van der Waals surface area contributed by atoms with Crippen LogP contribution in [-0.2, 0) is 0 Å². The van der Waals surface area contributed by atoms with Crippen molar-refractivity contribution in [3.63, 3.8) is 0 Å². The molecule has 2 N–H and O–H groups in total. The standard InChI is InChI=1S/C9H18N2.C2H6/c1-11-6-8(10)9(7-11)4-2-3-5-9;1-2/h8H,2-7,10H2,1H3;1-2H3. The van der Waals surface area contributed by atoms with Crippen LogP contribution in [0.2, 0.25) is 0 Å². The molecule has 1 atom stereocenters. The fraction of sp³-hybridized carbons (Fsp3) is 1.00. The van der Waals surface area contributed by atoms with Crippen molar-refractivity contribution in [2.75, 3.05) is 20.1 Å². The zero-order chi connectivity index (χ0) is 9.90. The molecular formula is C11H24N2. The van der Waals surface area contributed by atoms with Gasteiger partial charge < -0.3 is 10.6 Å². The fourth-order valence-electron chi connectivity index (χ4n) is 2.86. The van der Waals surface area contributed by atoms with Crippen molar-refractivity contribution in [2.24, 2.45) is 11.1 Å². The molecule has 1 heterocycles. The number of hydrogen-bond acceptors (Lipinski definition) is 2. The van der Waals surface area contributed by atoms with Crippen LogP contribution >= 0.6 is 0 Å². The number of hydrogen-bond donors (Lipinski definition) is 1. The van der Waals surface area contributed by atoms with Crippen molar-refractivity contribution in [1.29, 1.82) is 0 Å². The van der Waals surface area contributed by atoms with Gasteiger partial charge in [0.05, 0.1) is 0 Å². The van der Waals surface area contributed by atoms with E-state index in [1.807, 2.05) is 13.8 Å². The van der Waals surface area contributed by atoms with Crippen LogP contribution in [0.1, 0.15) is 39.5 Å². The van der Waals surface area contributed by atoms with Crippen LogP contribution in [0.5, 0.6) is 0 Å². The molecule has 1 saturated carbocycles. The Bertz CT molecular complexity index is 150. The number of likely N-dealkylation sites (tertiary alicyclic amines) is 1. The van der Waals surface area contributed by atoms with E-state index in [1.54, 1.807) is 0 Å². The summed E-state index contributed by atoms with van der Waals surface area (Å²) in [5.41, 5.74) is 6.65. The van der Waals surface area contributed by atoms with Crippen molar-refractivity contribution >= 4 is 0 Å². The van der Waals surface area contributed by atoms with E-state index in [1.165, 1.54) is 32.2 Å². The Morgan fingerprint density at radius 2 is 1.77 bits per heavy atom. The molecular weight excluding hydrogens is 160 g/mol. The highest BCUT2D eigenvalue weighted by atomic mass is 15.2. The second kappa shape index (κ2) is 4.43. The van der Waals surface area contributed by atoms with E-state index in [0.29, 0.717) is 11.5 Å². The Labute approximate surface area is 82.5 Å². The van der Waals surface area contributed by atoms with Gasteiger partial charge in [-0.1, -0.05) is 26.7 Å². The van der Waals surface area contributed by atoms with Gasteiger partial charge >= 0.3 is 0 Å². The summed E-state index contributed by atoms with van der Waals surface area (Å²) < 4.78 is 0. The summed E-state index contributed by atoms with van der Waals surface area (Å²) >= 11 is 0. The van der Waals surface area contributed by atoms with Crippen molar-refractivity contribution < 1.29 is 0 Å². The van der Waals surface area contributed by atoms with Gasteiger partial charge in [0.15, 0.2) is 0 Å². The minimum atomic E-state index is 0.454. The average Bonchev–Trinajstić information content (AvgIpc) is 2.66. The number of nitrogens with zero attached hydrogens (tertiary/aromatic N) is 1. The SMILES string of the molecule is CC.CN1CC(N)C2(CCCC2)C1. The van der Waals surface area contributed by atoms with Gasteiger partial charge in [-0.25, -0.2) is 0 Å². The van der Waals surface area contributed by atoms with Crippen LogP contribution in [0.15, 0.2) is 0 Å². The van der Waals surface area contributed by atoms with Crippen LogP contribution in [0.4, 0.5) is 0 Å². The molecule has 1 aliphatic heterocycles. The second-order valence-electron chi connectivity index (χ2n) is 4.37. The van der Waals surface area contributed by atoms with Gasteiger partial charge in [-0.15, -0.1) is 0 Å². The topological polar surface area (TPSA) is 29.3 Å². The van der Waals surface area contributed by atoms with E-state index in [0.717, 1.165) is 6.54 Å². The molecule has 0 amide bonds. The molecule has 1 spiro atoms. The fourth-order valence-corrected chi connectivity index (χ4v) is 2.86. The predicted octanol–water partition coefficient (Wildman–Crippen LogP) is 1.85. The summed E-state index contributed by atoms with van der Waals surface area (Å²) in [6, 6.07) is 0.454. The first kappa shape index (κ1) is 11.0. The second-order valence-corrected chi connectivity index (χ2v) is 4.37. The lowest BCUT2D eigenvalue weighted by Gasteiger charge is -2.26. The Morgan fingerprint density at radius 3 is 2.15 bits per heavy atom. The maximum Gasteiger partial charge on any atom is 0.0237 e. The molecule has 2 heteroatoms. The van der Waals surface area contributed by atoms with Gasteiger partial charge in [-0.05, 0) is 25.3 Å². The Balaban J connectivity index is 0.000000396. The van der Waals surface area contributed by atoms with E-state index in [2.05, 4.69) is 11.9 Å². The molecule has 0 bridgehead atoms. The summed E-state index contributed by atoms with van der Waals surface area (Å²) in [7, 11) is 2.19. The molecule has 0 radical (unpaired) electrons. The number of nitrogens with two attached hydrogens (primary N) is 1. The molecule has 0 aromatic rings. The van der Waals surface area contributed by atoms with Crippen LogP contribution in [0, 0.1) is 5.41 Å². The zero-order valence-corrected chi connectivity index (χ0v) is 9.34. The van der Waals surface area contributed by atoms with Crippen LogP contribution in [0.25, 0.3) is 0 Å². The Morgan fingerprint density at radius 1 is 1.23 bits per heavy atom. The van der Waals surface area contributed by atoms with Crippen molar-refractivity contribution in [2.45, 2.75) is 45.6 Å². The van der Waals surface area contributed by atoms with E-state index < -0.39 is 0 Å². The molecule has 1 unspecified atom stereocenters. The molecule has 13 heavy (non-hydrogen) atoms. The highest BCUT2D eigenvalue weighted by Gasteiger charge is 2.44. The maximum absolute atomic E-state index is 6.12. The molecule has 1 aliphatic carbocycles. The molecule has 0 aromatic heterocycles. The normalized spacial score (nSPS) is 31.8. The van der Waals surface area contributed by atoms with Gasteiger partial charge in [0, 0.05) is 19.1 Å². The summed E-state index contributed by atoms with van der Waals surface area (Å²) in [6.45, 7) is 6.36. The monoisotopic (exact) mass is 184 g/mol. The first-order chi connectivity index (χ1) is 6.23. The zero-order valence-electron chi connectivity index (χ0n) is 9.34. The molecule has 2 nitrogen and oxygen atoms in total. The smallest absolute Gasteiger partial charge is 0.0237 e. The summed E-state index contributed by atoms with van der Waals surface area (Å²) in [5, 5.41) is 0. The lowest BCUT2D eigenvalue weighted by Crippen LogP contribution is -2.38. The van der Waals surface area contributed by atoms with Crippen LogP contribution in [-0.4, -0.2) is 31.1 Å². The van der Waals surface area contributed by atoms with Gasteiger partial charge in [0.1, 0.15) is 0 Å². The molecule has 2 rings (SSSR count). The summed E-state index contributed by atoms with van der Waals surface area (Å²) in [4.78, 5) is 2.38. The first-order valence-corrected chi connectivity index (χ1v) is 5.67. The molecule has 2 fully saturated rings. The number of rotatable bonds is 0. The highest BCUT2D eigenvalue weighted by molar-refractivity contribution is 5.00. The Hall–Kier alpha value is -0.0800.